The fourth-order valence-corrected chi connectivity index (χ4v) is 1.53. The zero-order chi connectivity index (χ0) is 16.2. The zero-order valence-electron chi connectivity index (χ0n) is 11.4. The van der Waals surface area contributed by atoms with Crippen molar-refractivity contribution >= 4 is 23.3 Å². The number of rotatable bonds is 5. The van der Waals surface area contributed by atoms with Crippen LogP contribution in [0.25, 0.3) is 0 Å². The molecule has 0 spiro atoms. The highest BCUT2D eigenvalue weighted by atomic mass is 16.6. The second kappa shape index (κ2) is 6.00. The van der Waals surface area contributed by atoms with E-state index in [1.165, 1.54) is 26.0 Å². The van der Waals surface area contributed by atoms with E-state index >= 15 is 0 Å². The summed E-state index contributed by atoms with van der Waals surface area (Å²) in [6.45, 7) is 2.75. The summed E-state index contributed by atoms with van der Waals surface area (Å²) in [4.78, 5) is 32.9. The number of carboxylic acids is 1. The van der Waals surface area contributed by atoms with Crippen LogP contribution < -0.4 is 5.32 Å². The Hall–Kier alpha value is -2.95. The SMILES string of the molecule is CC(C)(CC(=O)Nc1ccc(C#N)cc1[N+](=O)[O-])C(=O)O. The van der Waals surface area contributed by atoms with Crippen LogP contribution in [-0.4, -0.2) is 21.9 Å². The number of anilines is 1. The molecule has 1 amide bonds. The highest BCUT2D eigenvalue weighted by molar-refractivity contribution is 5.95. The molecular formula is C13H13N3O5. The number of hydrogen-bond donors (Lipinski definition) is 2. The lowest BCUT2D eigenvalue weighted by atomic mass is 9.89. The highest BCUT2D eigenvalue weighted by Crippen LogP contribution is 2.27. The van der Waals surface area contributed by atoms with Gasteiger partial charge in [-0.25, -0.2) is 0 Å². The number of carbonyl (C=O) groups excluding carboxylic acids is 1. The number of benzene rings is 1. The standard InChI is InChI=1S/C13H13N3O5/c1-13(2,12(18)19)6-11(17)15-9-4-3-8(7-14)5-10(9)16(20)21/h3-5H,6H2,1-2H3,(H,15,17)(H,18,19). The molecular weight excluding hydrogens is 278 g/mol. The van der Waals surface area contributed by atoms with Gasteiger partial charge >= 0.3 is 5.97 Å². The molecule has 110 valence electrons. The Morgan fingerprint density at radius 1 is 1.48 bits per heavy atom. The van der Waals surface area contributed by atoms with Crippen molar-refractivity contribution in [2.45, 2.75) is 20.3 Å². The van der Waals surface area contributed by atoms with Crippen molar-refractivity contribution in [2.75, 3.05) is 5.32 Å². The third-order valence-electron chi connectivity index (χ3n) is 2.78. The first-order chi connectivity index (χ1) is 9.67. The minimum atomic E-state index is -1.29. The molecule has 0 aliphatic rings. The maximum Gasteiger partial charge on any atom is 0.309 e. The number of hydrogen-bond acceptors (Lipinski definition) is 5. The second-order valence-corrected chi connectivity index (χ2v) is 5.01. The minimum absolute atomic E-state index is 0.0785. The largest absolute Gasteiger partial charge is 0.481 e. The Balaban J connectivity index is 2.98. The normalized spacial score (nSPS) is 10.5. The lowest BCUT2D eigenvalue weighted by Gasteiger charge is -2.18. The van der Waals surface area contributed by atoms with Crippen LogP contribution in [0, 0.1) is 26.9 Å². The third kappa shape index (κ3) is 4.01. The van der Waals surface area contributed by atoms with Gasteiger partial charge in [0.1, 0.15) is 5.69 Å². The van der Waals surface area contributed by atoms with Crippen molar-refractivity contribution in [3.8, 4) is 6.07 Å². The van der Waals surface area contributed by atoms with Gasteiger partial charge < -0.3 is 10.4 Å². The van der Waals surface area contributed by atoms with Crippen LogP contribution in [0.5, 0.6) is 0 Å². The number of amides is 1. The summed E-state index contributed by atoms with van der Waals surface area (Å²) >= 11 is 0. The first-order valence-electron chi connectivity index (χ1n) is 5.89. The van der Waals surface area contributed by atoms with E-state index < -0.39 is 27.9 Å². The Kier molecular flexibility index (Phi) is 4.60. The predicted molar refractivity (Wildman–Crippen MR) is 72.5 cm³/mol. The fourth-order valence-electron chi connectivity index (χ4n) is 1.53. The van der Waals surface area contributed by atoms with Crippen LogP contribution in [0.1, 0.15) is 25.8 Å². The number of nitro groups is 1. The van der Waals surface area contributed by atoms with Gasteiger partial charge in [-0.05, 0) is 26.0 Å². The lowest BCUT2D eigenvalue weighted by molar-refractivity contribution is -0.384. The van der Waals surface area contributed by atoms with E-state index in [-0.39, 0.29) is 17.7 Å². The Labute approximate surface area is 120 Å². The number of aliphatic carboxylic acids is 1. The van der Waals surface area contributed by atoms with E-state index in [0.717, 1.165) is 6.07 Å². The Morgan fingerprint density at radius 2 is 2.10 bits per heavy atom. The average molecular weight is 291 g/mol. The molecule has 0 unspecified atom stereocenters. The van der Waals surface area contributed by atoms with Crippen LogP contribution in [0.2, 0.25) is 0 Å². The summed E-state index contributed by atoms with van der Waals surface area (Å²) in [6, 6.07) is 5.36. The molecule has 0 aliphatic heterocycles. The van der Waals surface area contributed by atoms with Crippen LogP contribution in [-0.2, 0) is 9.59 Å². The molecule has 1 rings (SSSR count). The quantitative estimate of drug-likeness (QED) is 0.628. The van der Waals surface area contributed by atoms with Crippen LogP contribution in [0.3, 0.4) is 0 Å². The van der Waals surface area contributed by atoms with Crippen molar-refractivity contribution in [2.24, 2.45) is 5.41 Å². The Bertz CT molecular complexity index is 646. The molecule has 0 heterocycles. The number of carbonyl (C=O) groups is 2. The molecule has 0 atom stereocenters. The van der Waals surface area contributed by atoms with Crippen LogP contribution >= 0.6 is 0 Å². The molecule has 0 radical (unpaired) electrons. The molecule has 8 nitrogen and oxygen atoms in total. The number of nitriles is 1. The molecule has 1 aromatic carbocycles. The van der Waals surface area contributed by atoms with Gasteiger partial charge in [-0.2, -0.15) is 5.26 Å². The van der Waals surface area contributed by atoms with Crippen molar-refractivity contribution in [1.82, 2.24) is 0 Å². The van der Waals surface area contributed by atoms with Crippen molar-refractivity contribution < 1.29 is 19.6 Å². The summed E-state index contributed by atoms with van der Waals surface area (Å²) < 4.78 is 0. The second-order valence-electron chi connectivity index (χ2n) is 5.01. The van der Waals surface area contributed by atoms with E-state index in [9.17, 15) is 19.7 Å². The van der Waals surface area contributed by atoms with Gasteiger partial charge in [0.05, 0.1) is 22.0 Å². The van der Waals surface area contributed by atoms with Gasteiger partial charge in [-0.3, -0.25) is 19.7 Å². The zero-order valence-corrected chi connectivity index (χ0v) is 11.4. The predicted octanol–water partition coefficient (Wildman–Crippen LogP) is 1.91. The molecule has 0 aliphatic carbocycles. The van der Waals surface area contributed by atoms with Gasteiger partial charge in [-0.1, -0.05) is 0 Å². The first kappa shape index (κ1) is 16.1. The van der Waals surface area contributed by atoms with Crippen molar-refractivity contribution in [1.29, 1.82) is 5.26 Å². The summed E-state index contributed by atoms with van der Waals surface area (Å²) in [5.41, 5.74) is -1.70. The molecule has 2 N–H and O–H groups in total. The van der Waals surface area contributed by atoms with Gasteiger partial charge in [0, 0.05) is 12.5 Å². The van der Waals surface area contributed by atoms with Gasteiger partial charge in [0.2, 0.25) is 5.91 Å². The molecule has 8 heteroatoms. The summed E-state index contributed by atoms with van der Waals surface area (Å²) in [5, 5.41) is 30.9. The van der Waals surface area contributed by atoms with Crippen LogP contribution in [0.4, 0.5) is 11.4 Å². The summed E-state index contributed by atoms with van der Waals surface area (Å²) in [6.07, 6.45) is -0.334. The molecule has 0 aromatic heterocycles. The maximum absolute atomic E-state index is 11.8. The van der Waals surface area contributed by atoms with Crippen molar-refractivity contribution in [3.05, 3.63) is 33.9 Å². The van der Waals surface area contributed by atoms with Crippen LogP contribution in [0.15, 0.2) is 18.2 Å². The number of carboxylic acid groups (broad SMARTS) is 1. The lowest BCUT2D eigenvalue weighted by Crippen LogP contribution is -2.29. The monoisotopic (exact) mass is 291 g/mol. The maximum atomic E-state index is 11.8. The molecule has 0 bridgehead atoms. The number of nitrogens with zero attached hydrogens (tertiary/aromatic N) is 2. The molecule has 0 saturated heterocycles. The molecule has 1 aromatic rings. The Morgan fingerprint density at radius 3 is 2.57 bits per heavy atom. The van der Waals surface area contributed by atoms with Gasteiger partial charge in [-0.15, -0.1) is 0 Å². The molecule has 21 heavy (non-hydrogen) atoms. The third-order valence-corrected chi connectivity index (χ3v) is 2.78. The van der Waals surface area contributed by atoms with Gasteiger partial charge in [0.15, 0.2) is 0 Å². The number of nitrogens with one attached hydrogen (secondary N) is 1. The first-order valence-corrected chi connectivity index (χ1v) is 5.89. The minimum Gasteiger partial charge on any atom is -0.481 e. The summed E-state index contributed by atoms with van der Waals surface area (Å²) in [5.74, 6) is -1.80. The van der Waals surface area contributed by atoms with E-state index in [0.29, 0.717) is 0 Å². The highest BCUT2D eigenvalue weighted by Gasteiger charge is 2.30. The molecule has 0 saturated carbocycles. The summed E-state index contributed by atoms with van der Waals surface area (Å²) in [7, 11) is 0. The number of nitro benzene ring substituents is 1. The van der Waals surface area contributed by atoms with E-state index in [4.69, 9.17) is 10.4 Å². The van der Waals surface area contributed by atoms with E-state index in [1.54, 1.807) is 6.07 Å². The van der Waals surface area contributed by atoms with Gasteiger partial charge in [0.25, 0.3) is 5.69 Å². The van der Waals surface area contributed by atoms with Crippen molar-refractivity contribution in [3.63, 3.8) is 0 Å². The topological polar surface area (TPSA) is 133 Å². The van der Waals surface area contributed by atoms with E-state index in [2.05, 4.69) is 5.32 Å². The smallest absolute Gasteiger partial charge is 0.309 e. The fraction of sp³-hybridized carbons (Fsp3) is 0.308. The average Bonchev–Trinajstić information content (AvgIpc) is 2.37. The molecule has 0 fully saturated rings. The van der Waals surface area contributed by atoms with E-state index in [1.807, 2.05) is 0 Å².